The van der Waals surface area contributed by atoms with Crippen molar-refractivity contribution in [2.75, 3.05) is 6.54 Å². The van der Waals surface area contributed by atoms with Crippen molar-refractivity contribution in [2.24, 2.45) is 4.99 Å². The number of aromatic nitrogens is 1. The number of guanidine groups is 1. The molecule has 0 bridgehead atoms. The fourth-order valence-electron chi connectivity index (χ4n) is 2.59. The second-order valence-corrected chi connectivity index (χ2v) is 6.79. The summed E-state index contributed by atoms with van der Waals surface area (Å²) in [6.45, 7) is 9.86. The first-order valence-corrected chi connectivity index (χ1v) is 9.59. The van der Waals surface area contributed by atoms with Crippen LogP contribution in [0.4, 0.5) is 0 Å². The van der Waals surface area contributed by atoms with E-state index in [0.717, 1.165) is 36.8 Å². The van der Waals surface area contributed by atoms with E-state index in [4.69, 9.17) is 4.52 Å². The topological polar surface area (TPSA) is 62.5 Å². The molecule has 0 spiro atoms. The van der Waals surface area contributed by atoms with Crippen LogP contribution in [0.3, 0.4) is 0 Å². The van der Waals surface area contributed by atoms with Gasteiger partial charge in [0.25, 0.3) is 0 Å². The first kappa shape index (κ1) is 18.5. The van der Waals surface area contributed by atoms with Crippen LogP contribution < -0.4 is 10.6 Å². The van der Waals surface area contributed by atoms with E-state index in [2.05, 4.69) is 66.0 Å². The summed E-state index contributed by atoms with van der Waals surface area (Å²) in [5.74, 6) is 2.06. The second-order valence-electron chi connectivity index (χ2n) is 5.81. The molecule has 1 atom stereocenters. The Bertz CT molecular complexity index is 617. The molecule has 2 heterocycles. The Kier molecular flexibility index (Phi) is 7.31. The van der Waals surface area contributed by atoms with Crippen molar-refractivity contribution in [1.82, 2.24) is 15.8 Å². The summed E-state index contributed by atoms with van der Waals surface area (Å²) < 4.78 is 5.44. The van der Waals surface area contributed by atoms with Gasteiger partial charge in [-0.05, 0) is 38.1 Å². The molecule has 0 aromatic carbocycles. The van der Waals surface area contributed by atoms with Crippen molar-refractivity contribution in [1.29, 1.82) is 0 Å². The third-order valence-electron chi connectivity index (χ3n) is 4.04. The molecule has 132 valence electrons. The molecule has 2 rings (SSSR count). The van der Waals surface area contributed by atoms with E-state index in [1.165, 1.54) is 4.88 Å². The van der Waals surface area contributed by atoms with Gasteiger partial charge in [-0.1, -0.05) is 25.1 Å². The monoisotopic (exact) mass is 348 g/mol. The largest absolute Gasteiger partial charge is 0.359 e. The van der Waals surface area contributed by atoms with Gasteiger partial charge in [0, 0.05) is 23.4 Å². The molecule has 2 N–H and O–H groups in total. The van der Waals surface area contributed by atoms with Crippen LogP contribution in [0.5, 0.6) is 0 Å². The summed E-state index contributed by atoms with van der Waals surface area (Å²) in [5, 5.41) is 13.0. The van der Waals surface area contributed by atoms with Gasteiger partial charge in [0.05, 0.1) is 11.7 Å². The first-order chi connectivity index (χ1) is 11.7. The highest BCUT2D eigenvalue weighted by atomic mass is 32.1. The van der Waals surface area contributed by atoms with Crippen LogP contribution in [-0.2, 0) is 6.54 Å². The number of nitrogens with one attached hydrogen (secondary N) is 2. The van der Waals surface area contributed by atoms with Crippen LogP contribution in [0, 0.1) is 0 Å². The molecule has 0 saturated heterocycles. The van der Waals surface area contributed by atoms with E-state index in [-0.39, 0.29) is 6.04 Å². The van der Waals surface area contributed by atoms with Crippen LogP contribution in [-0.4, -0.2) is 17.7 Å². The molecule has 0 amide bonds. The Hall–Kier alpha value is -1.82. The van der Waals surface area contributed by atoms with Gasteiger partial charge in [0.2, 0.25) is 0 Å². The number of rotatable bonds is 8. The average Bonchev–Trinajstić information content (AvgIpc) is 3.26. The number of aliphatic imine (C=N–C) groups is 1. The quantitative estimate of drug-likeness (QED) is 0.546. The molecule has 2 aromatic heterocycles. The van der Waals surface area contributed by atoms with Gasteiger partial charge in [-0.3, -0.25) is 0 Å². The highest BCUT2D eigenvalue weighted by Gasteiger charge is 2.13. The van der Waals surface area contributed by atoms with E-state index in [9.17, 15) is 0 Å². The maximum Gasteiger partial charge on any atom is 0.192 e. The van der Waals surface area contributed by atoms with E-state index >= 15 is 0 Å². The lowest BCUT2D eigenvalue weighted by atomic mass is 9.99. The number of thiophene rings is 1. The van der Waals surface area contributed by atoms with Gasteiger partial charge >= 0.3 is 0 Å². The van der Waals surface area contributed by atoms with Gasteiger partial charge in [0.15, 0.2) is 11.7 Å². The molecule has 5 nitrogen and oxygen atoms in total. The second kappa shape index (κ2) is 9.47. The normalized spacial score (nSPS) is 13.3. The summed E-state index contributed by atoms with van der Waals surface area (Å²) in [6, 6.07) is 6.45. The molecule has 6 heteroatoms. The molecule has 0 radical (unpaired) electrons. The minimum atomic E-state index is 0.220. The Morgan fingerprint density at radius 3 is 2.75 bits per heavy atom. The molecule has 0 aliphatic heterocycles. The molecule has 24 heavy (non-hydrogen) atoms. The first-order valence-electron chi connectivity index (χ1n) is 8.71. The summed E-state index contributed by atoms with van der Waals surface area (Å²) >= 11 is 1.74. The summed E-state index contributed by atoms with van der Waals surface area (Å²) in [6.07, 6.45) is 2.16. The average molecular weight is 349 g/mol. The Morgan fingerprint density at radius 1 is 1.33 bits per heavy atom. The van der Waals surface area contributed by atoms with Crippen molar-refractivity contribution in [2.45, 2.75) is 59.0 Å². The highest BCUT2D eigenvalue weighted by molar-refractivity contribution is 7.10. The van der Waals surface area contributed by atoms with Gasteiger partial charge in [-0.2, -0.15) is 0 Å². The predicted molar refractivity (Wildman–Crippen MR) is 101 cm³/mol. The third kappa shape index (κ3) is 5.09. The van der Waals surface area contributed by atoms with Gasteiger partial charge in [0.1, 0.15) is 6.54 Å². The Morgan fingerprint density at radius 2 is 2.12 bits per heavy atom. The van der Waals surface area contributed by atoms with E-state index in [1.807, 2.05) is 6.07 Å². The SMILES string of the molecule is CCNC(=NCc1cc(C(CC)CC)no1)NC(C)c1cccs1. The van der Waals surface area contributed by atoms with Crippen LogP contribution in [0.15, 0.2) is 33.1 Å². The predicted octanol–water partition coefficient (Wildman–Crippen LogP) is 4.46. The highest BCUT2D eigenvalue weighted by Crippen LogP contribution is 2.22. The van der Waals surface area contributed by atoms with E-state index < -0.39 is 0 Å². The minimum Gasteiger partial charge on any atom is -0.359 e. The lowest BCUT2D eigenvalue weighted by molar-refractivity contribution is 0.372. The van der Waals surface area contributed by atoms with Crippen molar-refractivity contribution >= 4 is 17.3 Å². The Balaban J connectivity index is 2.00. The third-order valence-corrected chi connectivity index (χ3v) is 5.10. The maximum absolute atomic E-state index is 5.44. The summed E-state index contributed by atoms with van der Waals surface area (Å²) in [5.41, 5.74) is 1.04. The van der Waals surface area contributed by atoms with Crippen molar-refractivity contribution in [3.63, 3.8) is 0 Å². The smallest absolute Gasteiger partial charge is 0.192 e. The zero-order valence-corrected chi connectivity index (χ0v) is 15.8. The lowest BCUT2D eigenvalue weighted by Crippen LogP contribution is -2.38. The van der Waals surface area contributed by atoms with Crippen LogP contribution in [0.1, 0.15) is 68.8 Å². The van der Waals surface area contributed by atoms with Crippen LogP contribution in [0.2, 0.25) is 0 Å². The summed E-state index contributed by atoms with van der Waals surface area (Å²) in [7, 11) is 0. The zero-order valence-electron chi connectivity index (χ0n) is 15.0. The van der Waals surface area contributed by atoms with Crippen molar-refractivity contribution in [3.05, 3.63) is 39.9 Å². The van der Waals surface area contributed by atoms with Crippen LogP contribution >= 0.6 is 11.3 Å². The number of nitrogens with zero attached hydrogens (tertiary/aromatic N) is 2. The maximum atomic E-state index is 5.44. The molecule has 2 aromatic rings. The molecular formula is C18H28N4OS. The molecule has 0 saturated carbocycles. The number of hydrogen-bond acceptors (Lipinski definition) is 4. The molecule has 1 unspecified atom stereocenters. The molecule has 0 fully saturated rings. The fraction of sp³-hybridized carbons (Fsp3) is 0.556. The number of hydrogen-bond donors (Lipinski definition) is 2. The summed E-state index contributed by atoms with van der Waals surface area (Å²) in [4.78, 5) is 5.91. The van der Waals surface area contributed by atoms with Gasteiger partial charge < -0.3 is 15.2 Å². The van der Waals surface area contributed by atoms with Crippen molar-refractivity contribution < 1.29 is 4.52 Å². The van der Waals surface area contributed by atoms with Crippen LogP contribution in [0.25, 0.3) is 0 Å². The Labute approximate surface area is 148 Å². The molecule has 0 aliphatic carbocycles. The minimum absolute atomic E-state index is 0.220. The van der Waals surface area contributed by atoms with Gasteiger partial charge in [-0.25, -0.2) is 4.99 Å². The van der Waals surface area contributed by atoms with Crippen molar-refractivity contribution in [3.8, 4) is 0 Å². The van der Waals surface area contributed by atoms with Gasteiger partial charge in [-0.15, -0.1) is 11.3 Å². The van der Waals surface area contributed by atoms with E-state index in [0.29, 0.717) is 12.5 Å². The standard InChI is InChI=1S/C18H28N4OS/c1-5-14(6-2)16-11-15(23-22-16)12-20-18(19-7-3)21-13(4)17-9-8-10-24-17/h8-11,13-14H,5-7,12H2,1-4H3,(H2,19,20,21). The molecule has 0 aliphatic rings. The lowest BCUT2D eigenvalue weighted by Gasteiger charge is -2.16. The fourth-order valence-corrected chi connectivity index (χ4v) is 3.33. The van der Waals surface area contributed by atoms with E-state index in [1.54, 1.807) is 11.3 Å². The zero-order chi connectivity index (χ0) is 17.4. The molecular weight excluding hydrogens is 320 g/mol.